The minimum Gasteiger partial charge on any atom is -0.497 e. The van der Waals surface area contributed by atoms with Crippen LogP contribution < -0.4 is 10.1 Å². The van der Waals surface area contributed by atoms with E-state index in [4.69, 9.17) is 4.74 Å². The first-order chi connectivity index (χ1) is 15.5. The second-order valence-corrected chi connectivity index (χ2v) is 7.82. The van der Waals surface area contributed by atoms with Crippen LogP contribution >= 0.6 is 0 Å². The van der Waals surface area contributed by atoms with E-state index < -0.39 is 0 Å². The van der Waals surface area contributed by atoms with Gasteiger partial charge in [0, 0.05) is 44.5 Å². The number of hydrogen-bond donors (Lipinski definition) is 1. The number of amides is 2. The third-order valence-corrected chi connectivity index (χ3v) is 5.60. The Kier molecular flexibility index (Phi) is 6.51. The molecule has 0 bridgehead atoms. The minimum absolute atomic E-state index is 0.0535. The molecular formula is C24H27N5O3. The predicted octanol–water partition coefficient (Wildman–Crippen LogP) is 2.20. The van der Waals surface area contributed by atoms with Gasteiger partial charge in [-0.3, -0.25) is 9.59 Å². The molecular weight excluding hydrogens is 406 g/mol. The lowest BCUT2D eigenvalue weighted by atomic mass is 10.1. The Morgan fingerprint density at radius 2 is 1.66 bits per heavy atom. The monoisotopic (exact) mass is 433 g/mol. The van der Waals surface area contributed by atoms with E-state index in [0.717, 1.165) is 43.2 Å². The normalized spacial score (nSPS) is 14.2. The molecule has 4 rings (SSSR count). The van der Waals surface area contributed by atoms with Gasteiger partial charge in [-0.2, -0.15) is 5.10 Å². The van der Waals surface area contributed by atoms with Crippen LogP contribution in [0.15, 0.2) is 60.8 Å². The zero-order valence-corrected chi connectivity index (χ0v) is 18.3. The highest BCUT2D eigenvalue weighted by Gasteiger charge is 2.20. The first-order valence-electron chi connectivity index (χ1n) is 10.6. The molecule has 1 fully saturated rings. The number of nitrogens with zero attached hydrogens (tertiary/aromatic N) is 4. The Morgan fingerprint density at radius 1 is 0.969 bits per heavy atom. The van der Waals surface area contributed by atoms with Gasteiger partial charge in [-0.1, -0.05) is 12.1 Å². The third kappa shape index (κ3) is 4.97. The Hall–Kier alpha value is -3.65. The number of carbonyl (C=O) groups is 2. The molecule has 2 aromatic carbocycles. The van der Waals surface area contributed by atoms with Gasteiger partial charge in [0.25, 0.3) is 11.8 Å². The van der Waals surface area contributed by atoms with Gasteiger partial charge in [0.15, 0.2) is 5.69 Å². The van der Waals surface area contributed by atoms with Crippen molar-refractivity contribution in [1.82, 2.24) is 24.9 Å². The SMILES string of the molecule is COc1ccc(-n2ccc(C(=O)NCc3ccc(C(=O)N4CCN(C)CC4)cc3)n2)cc1. The summed E-state index contributed by atoms with van der Waals surface area (Å²) in [5.41, 5.74) is 2.76. The van der Waals surface area contributed by atoms with Crippen LogP contribution in [-0.4, -0.2) is 71.7 Å². The van der Waals surface area contributed by atoms with Crippen LogP contribution in [0.4, 0.5) is 0 Å². The van der Waals surface area contributed by atoms with Crippen molar-refractivity contribution in [3.8, 4) is 11.4 Å². The number of rotatable bonds is 6. The maximum absolute atomic E-state index is 12.6. The van der Waals surface area contributed by atoms with Gasteiger partial charge in [-0.25, -0.2) is 4.68 Å². The average molecular weight is 434 g/mol. The largest absolute Gasteiger partial charge is 0.497 e. The van der Waals surface area contributed by atoms with E-state index >= 15 is 0 Å². The summed E-state index contributed by atoms with van der Waals surface area (Å²) in [5, 5.41) is 7.23. The van der Waals surface area contributed by atoms with Crippen molar-refractivity contribution >= 4 is 11.8 Å². The Bertz CT molecular complexity index is 1070. The molecule has 1 aromatic heterocycles. The molecule has 0 unspecified atom stereocenters. The number of benzene rings is 2. The average Bonchev–Trinajstić information content (AvgIpc) is 3.33. The fourth-order valence-corrected chi connectivity index (χ4v) is 3.55. The number of piperazine rings is 1. The van der Waals surface area contributed by atoms with E-state index in [0.29, 0.717) is 17.8 Å². The standard InChI is InChI=1S/C24H27N5O3/c1-27-13-15-28(16-14-27)24(31)19-5-3-18(4-6-19)17-25-23(30)22-11-12-29(26-22)20-7-9-21(32-2)10-8-20/h3-12H,13-17H2,1-2H3,(H,25,30). The molecule has 8 heteroatoms. The van der Waals surface area contributed by atoms with E-state index in [1.54, 1.807) is 24.1 Å². The molecule has 1 aliphatic rings. The minimum atomic E-state index is -0.255. The third-order valence-electron chi connectivity index (χ3n) is 5.60. The molecule has 0 atom stereocenters. The van der Waals surface area contributed by atoms with E-state index in [2.05, 4.69) is 22.4 Å². The lowest BCUT2D eigenvalue weighted by Gasteiger charge is -2.32. The molecule has 1 N–H and O–H groups in total. The summed E-state index contributed by atoms with van der Waals surface area (Å²) < 4.78 is 6.81. The molecule has 32 heavy (non-hydrogen) atoms. The van der Waals surface area contributed by atoms with Gasteiger partial charge in [0.1, 0.15) is 5.75 Å². The maximum atomic E-state index is 12.6. The Labute approximate surface area is 187 Å². The number of carbonyl (C=O) groups excluding carboxylic acids is 2. The van der Waals surface area contributed by atoms with Crippen molar-refractivity contribution in [3.05, 3.63) is 77.6 Å². The zero-order valence-electron chi connectivity index (χ0n) is 18.3. The molecule has 0 aliphatic carbocycles. The van der Waals surface area contributed by atoms with Crippen molar-refractivity contribution < 1.29 is 14.3 Å². The number of methoxy groups -OCH3 is 1. The molecule has 166 valence electrons. The van der Waals surface area contributed by atoms with Gasteiger partial charge in [0.2, 0.25) is 0 Å². The summed E-state index contributed by atoms with van der Waals surface area (Å²) in [4.78, 5) is 29.2. The van der Waals surface area contributed by atoms with Crippen LogP contribution in [0.1, 0.15) is 26.4 Å². The number of ether oxygens (including phenoxy) is 1. The topological polar surface area (TPSA) is 79.7 Å². The molecule has 2 heterocycles. The van der Waals surface area contributed by atoms with Gasteiger partial charge < -0.3 is 19.9 Å². The van der Waals surface area contributed by atoms with Crippen LogP contribution in [0.2, 0.25) is 0 Å². The Balaban J connectivity index is 1.32. The summed E-state index contributed by atoms with van der Waals surface area (Å²) in [5.74, 6) is 0.558. The van der Waals surface area contributed by atoms with Crippen LogP contribution in [0.25, 0.3) is 5.69 Å². The van der Waals surface area contributed by atoms with Crippen LogP contribution in [0, 0.1) is 0 Å². The summed E-state index contributed by atoms with van der Waals surface area (Å²) in [6, 6.07) is 16.5. The van der Waals surface area contributed by atoms with Crippen LogP contribution in [-0.2, 0) is 6.54 Å². The van der Waals surface area contributed by atoms with Crippen molar-refractivity contribution in [2.45, 2.75) is 6.54 Å². The number of aromatic nitrogens is 2. The second kappa shape index (κ2) is 9.65. The molecule has 0 radical (unpaired) electrons. The zero-order chi connectivity index (χ0) is 22.5. The quantitative estimate of drug-likeness (QED) is 0.645. The highest BCUT2D eigenvalue weighted by molar-refractivity contribution is 5.94. The summed E-state index contributed by atoms with van der Waals surface area (Å²) >= 11 is 0. The van der Waals surface area contributed by atoms with Gasteiger partial charge >= 0.3 is 0 Å². The van der Waals surface area contributed by atoms with E-state index in [1.165, 1.54) is 0 Å². The van der Waals surface area contributed by atoms with Crippen molar-refractivity contribution in [3.63, 3.8) is 0 Å². The predicted molar refractivity (Wildman–Crippen MR) is 121 cm³/mol. The van der Waals surface area contributed by atoms with Gasteiger partial charge in [0.05, 0.1) is 12.8 Å². The van der Waals surface area contributed by atoms with E-state index in [9.17, 15) is 9.59 Å². The molecule has 8 nitrogen and oxygen atoms in total. The summed E-state index contributed by atoms with van der Waals surface area (Å²) in [6.45, 7) is 3.64. The molecule has 0 spiro atoms. The van der Waals surface area contributed by atoms with Gasteiger partial charge in [-0.05, 0) is 55.1 Å². The second-order valence-electron chi connectivity index (χ2n) is 7.82. The molecule has 0 saturated carbocycles. The maximum Gasteiger partial charge on any atom is 0.272 e. The van der Waals surface area contributed by atoms with E-state index in [-0.39, 0.29) is 11.8 Å². The lowest BCUT2D eigenvalue weighted by molar-refractivity contribution is 0.0664. The summed E-state index contributed by atoms with van der Waals surface area (Å²) in [7, 11) is 3.68. The number of hydrogen-bond acceptors (Lipinski definition) is 5. The smallest absolute Gasteiger partial charge is 0.272 e. The lowest BCUT2D eigenvalue weighted by Crippen LogP contribution is -2.47. The van der Waals surface area contributed by atoms with Crippen molar-refractivity contribution in [2.24, 2.45) is 0 Å². The van der Waals surface area contributed by atoms with Crippen LogP contribution in [0.5, 0.6) is 5.75 Å². The first kappa shape index (κ1) is 21.6. The fourth-order valence-electron chi connectivity index (χ4n) is 3.55. The van der Waals surface area contributed by atoms with Gasteiger partial charge in [-0.15, -0.1) is 0 Å². The number of nitrogens with one attached hydrogen (secondary N) is 1. The molecule has 1 aliphatic heterocycles. The van der Waals surface area contributed by atoms with E-state index in [1.807, 2.05) is 53.4 Å². The highest BCUT2D eigenvalue weighted by Crippen LogP contribution is 2.15. The van der Waals surface area contributed by atoms with Crippen molar-refractivity contribution in [1.29, 1.82) is 0 Å². The highest BCUT2D eigenvalue weighted by atomic mass is 16.5. The fraction of sp³-hybridized carbons (Fsp3) is 0.292. The van der Waals surface area contributed by atoms with Crippen LogP contribution in [0.3, 0.4) is 0 Å². The first-order valence-corrected chi connectivity index (χ1v) is 10.6. The van der Waals surface area contributed by atoms with Crippen molar-refractivity contribution in [2.75, 3.05) is 40.3 Å². The number of likely N-dealkylation sites (N-methyl/N-ethyl adjacent to an activating group) is 1. The molecule has 2 amide bonds. The molecule has 3 aromatic rings. The molecule has 1 saturated heterocycles. The summed E-state index contributed by atoms with van der Waals surface area (Å²) in [6.07, 6.45) is 1.75. The Morgan fingerprint density at radius 3 is 2.31 bits per heavy atom.